The van der Waals surface area contributed by atoms with Crippen LogP contribution in [-0.4, -0.2) is 27.0 Å². The van der Waals surface area contributed by atoms with Crippen LogP contribution in [0.3, 0.4) is 0 Å². The first kappa shape index (κ1) is 30.8. The minimum Gasteiger partial charge on any atom is -0.463 e. The largest absolute Gasteiger partial charge is 0.463 e. The summed E-state index contributed by atoms with van der Waals surface area (Å²) in [6, 6.07) is 27.1. The van der Waals surface area contributed by atoms with Crippen LogP contribution in [0.1, 0.15) is 29.7 Å². The normalized spacial score (nSPS) is 14.2. The first-order valence-corrected chi connectivity index (χ1v) is 15.1. The van der Waals surface area contributed by atoms with Crippen LogP contribution in [0, 0.1) is 20.2 Å². The number of esters is 1. The van der Waals surface area contributed by atoms with Gasteiger partial charge in [0.05, 0.1) is 44.4 Å². The number of para-hydroxylation sites is 1. The van der Waals surface area contributed by atoms with Crippen LogP contribution in [0.25, 0.3) is 11.8 Å². The summed E-state index contributed by atoms with van der Waals surface area (Å²) in [4.78, 5) is 54.4. The monoisotopic (exact) mass is 648 g/mol. The van der Waals surface area contributed by atoms with Crippen molar-refractivity contribution in [3.8, 4) is 11.5 Å². The summed E-state index contributed by atoms with van der Waals surface area (Å²) >= 11 is 1.11. The second-order valence-corrected chi connectivity index (χ2v) is 11.2. The Bertz CT molecular complexity index is 2250. The van der Waals surface area contributed by atoms with Crippen LogP contribution < -0.4 is 19.6 Å². The van der Waals surface area contributed by atoms with Crippen molar-refractivity contribution in [3.05, 3.63) is 165 Å². The highest BCUT2D eigenvalue weighted by molar-refractivity contribution is 7.07. The summed E-state index contributed by atoms with van der Waals surface area (Å²) in [7, 11) is 0. The van der Waals surface area contributed by atoms with Gasteiger partial charge < -0.3 is 9.47 Å². The third kappa shape index (κ3) is 6.07. The van der Waals surface area contributed by atoms with Crippen molar-refractivity contribution >= 4 is 40.5 Å². The van der Waals surface area contributed by atoms with Crippen LogP contribution in [0.15, 0.2) is 118 Å². The van der Waals surface area contributed by atoms with E-state index in [1.165, 1.54) is 4.57 Å². The second kappa shape index (κ2) is 13.0. The molecule has 1 aliphatic heterocycles. The van der Waals surface area contributed by atoms with Gasteiger partial charge >= 0.3 is 11.7 Å². The molecule has 0 fully saturated rings. The van der Waals surface area contributed by atoms with Gasteiger partial charge in [0.2, 0.25) is 5.75 Å². The summed E-state index contributed by atoms with van der Waals surface area (Å²) in [5, 5.41) is 22.9. The number of benzene rings is 4. The van der Waals surface area contributed by atoms with Crippen LogP contribution in [-0.2, 0) is 9.53 Å². The van der Waals surface area contributed by atoms with Gasteiger partial charge in [0.15, 0.2) is 4.80 Å². The molecule has 0 saturated heterocycles. The van der Waals surface area contributed by atoms with E-state index in [1.54, 1.807) is 37.3 Å². The number of ether oxygens (including phenoxy) is 2. The fraction of sp³-hybridized carbons (Fsp3) is 0.0882. The maximum Gasteiger partial charge on any atom is 0.338 e. The van der Waals surface area contributed by atoms with Gasteiger partial charge in [-0.25, -0.2) is 9.79 Å². The van der Waals surface area contributed by atoms with E-state index >= 15 is 0 Å². The van der Waals surface area contributed by atoms with E-state index in [0.717, 1.165) is 29.5 Å². The molecule has 5 aromatic rings. The molecule has 0 amide bonds. The molecule has 0 N–H and O–H groups in total. The highest BCUT2D eigenvalue weighted by atomic mass is 32.1. The lowest BCUT2D eigenvalue weighted by Crippen LogP contribution is -2.40. The Morgan fingerprint density at radius 3 is 2.28 bits per heavy atom. The molecule has 0 aliphatic carbocycles. The van der Waals surface area contributed by atoms with Crippen LogP contribution >= 0.6 is 11.3 Å². The number of carbonyl (C=O) groups is 1. The fourth-order valence-electron chi connectivity index (χ4n) is 5.19. The molecule has 234 valence electrons. The van der Waals surface area contributed by atoms with Crippen molar-refractivity contribution in [2.24, 2.45) is 4.99 Å². The zero-order valence-corrected chi connectivity index (χ0v) is 25.5. The quantitative estimate of drug-likeness (QED) is 0.115. The van der Waals surface area contributed by atoms with Gasteiger partial charge in [0, 0.05) is 17.2 Å². The summed E-state index contributed by atoms with van der Waals surface area (Å²) < 4.78 is 13.1. The molecule has 0 radical (unpaired) electrons. The Kier molecular flexibility index (Phi) is 8.54. The van der Waals surface area contributed by atoms with Crippen LogP contribution in [0.2, 0.25) is 0 Å². The molecule has 4 aromatic carbocycles. The fourth-order valence-corrected chi connectivity index (χ4v) is 6.18. The number of fused-ring (bicyclic) bond motifs is 1. The molecule has 2 heterocycles. The molecule has 0 unspecified atom stereocenters. The number of rotatable bonds is 9. The molecule has 0 bridgehead atoms. The van der Waals surface area contributed by atoms with Crippen molar-refractivity contribution in [2.75, 3.05) is 6.61 Å². The summed E-state index contributed by atoms with van der Waals surface area (Å²) in [5.74, 6) is -0.632. The first-order valence-electron chi connectivity index (χ1n) is 14.3. The third-order valence-corrected chi connectivity index (χ3v) is 8.25. The van der Waals surface area contributed by atoms with E-state index in [1.807, 2.05) is 60.7 Å². The van der Waals surface area contributed by atoms with Gasteiger partial charge in [-0.1, -0.05) is 90.2 Å². The highest BCUT2D eigenvalue weighted by Crippen LogP contribution is 2.37. The van der Waals surface area contributed by atoms with Crippen molar-refractivity contribution in [1.82, 2.24) is 4.57 Å². The molecule has 12 nitrogen and oxygen atoms in total. The van der Waals surface area contributed by atoms with E-state index in [-0.39, 0.29) is 28.2 Å². The van der Waals surface area contributed by atoms with E-state index in [0.29, 0.717) is 27.2 Å². The van der Waals surface area contributed by atoms with Crippen LogP contribution in [0.4, 0.5) is 11.4 Å². The van der Waals surface area contributed by atoms with Crippen molar-refractivity contribution in [1.29, 1.82) is 0 Å². The number of nitro groups is 2. The van der Waals surface area contributed by atoms with Gasteiger partial charge in [0.25, 0.3) is 11.2 Å². The Morgan fingerprint density at radius 2 is 1.60 bits per heavy atom. The Balaban J connectivity index is 1.53. The summed E-state index contributed by atoms with van der Waals surface area (Å²) in [6.07, 6.45) is 1.58. The van der Waals surface area contributed by atoms with Gasteiger partial charge in [-0.15, -0.1) is 0 Å². The molecule has 1 aromatic heterocycles. The Morgan fingerprint density at radius 1 is 0.915 bits per heavy atom. The van der Waals surface area contributed by atoms with Crippen molar-refractivity contribution in [2.45, 2.75) is 13.0 Å². The summed E-state index contributed by atoms with van der Waals surface area (Å²) in [6.45, 7) is 1.83. The van der Waals surface area contributed by atoms with Gasteiger partial charge in [0.1, 0.15) is 5.75 Å². The number of non-ortho nitro benzene ring substituents is 1. The van der Waals surface area contributed by atoms with E-state index in [2.05, 4.69) is 0 Å². The molecule has 0 saturated carbocycles. The number of hydrogen-bond acceptors (Lipinski definition) is 10. The zero-order chi connectivity index (χ0) is 33.1. The second-order valence-electron chi connectivity index (χ2n) is 10.1. The van der Waals surface area contributed by atoms with E-state index in [4.69, 9.17) is 14.5 Å². The maximum atomic E-state index is 14.2. The topological polar surface area (TPSA) is 156 Å². The first-order chi connectivity index (χ1) is 22.8. The molecule has 6 rings (SSSR count). The molecule has 47 heavy (non-hydrogen) atoms. The molecular weight excluding hydrogens is 624 g/mol. The van der Waals surface area contributed by atoms with Crippen molar-refractivity contribution < 1.29 is 24.1 Å². The average molecular weight is 649 g/mol. The Hall–Kier alpha value is -6.21. The summed E-state index contributed by atoms with van der Waals surface area (Å²) in [5.41, 5.74) is 0.914. The number of aromatic nitrogens is 1. The number of nitrogens with zero attached hydrogens (tertiary/aromatic N) is 4. The molecule has 1 aliphatic rings. The van der Waals surface area contributed by atoms with Crippen molar-refractivity contribution in [3.63, 3.8) is 0 Å². The zero-order valence-electron chi connectivity index (χ0n) is 24.6. The number of carbonyl (C=O) groups excluding carboxylic acids is 1. The SMILES string of the molecule is CCOC(=O)C1=C(c2ccccc2)N=c2s/c(=C/c3ccccc3Oc3ccc([N+](=O)[O-])cc3[N+](=O)[O-])c(=O)n2[C@H]1c1ccccc1. The smallest absolute Gasteiger partial charge is 0.338 e. The molecule has 13 heteroatoms. The number of thiazole rings is 1. The van der Waals surface area contributed by atoms with Gasteiger partial charge in [-0.2, -0.15) is 0 Å². The predicted molar refractivity (Wildman–Crippen MR) is 174 cm³/mol. The highest BCUT2D eigenvalue weighted by Gasteiger charge is 2.35. The van der Waals surface area contributed by atoms with Gasteiger partial charge in [-0.3, -0.25) is 29.6 Å². The number of nitro benzene ring substituents is 2. The van der Waals surface area contributed by atoms with Gasteiger partial charge in [-0.05, 0) is 30.7 Å². The minimum absolute atomic E-state index is 0.125. The van der Waals surface area contributed by atoms with Crippen LogP contribution in [0.5, 0.6) is 11.5 Å². The maximum absolute atomic E-state index is 14.2. The lowest BCUT2D eigenvalue weighted by atomic mass is 9.93. The Labute approximate surface area is 270 Å². The average Bonchev–Trinajstić information content (AvgIpc) is 3.39. The predicted octanol–water partition coefficient (Wildman–Crippen LogP) is 5.54. The lowest BCUT2D eigenvalue weighted by Gasteiger charge is -2.25. The molecule has 0 spiro atoms. The standard InChI is InChI=1S/C34H24N4O8S/c1-2-45-33(40)29-30(21-11-5-3-6-12-21)35-34-36(31(29)22-13-7-4-8-14-22)32(39)28(47-34)19-23-15-9-10-16-26(23)46-27-18-17-24(37(41)42)20-25(27)38(43)44/h3-20,31H,2H2,1H3/b28-19+/t31-/m0/s1. The van der Waals surface area contributed by atoms with E-state index in [9.17, 15) is 29.8 Å². The minimum atomic E-state index is -0.849. The molecule has 1 atom stereocenters. The van der Waals surface area contributed by atoms with E-state index < -0.39 is 38.8 Å². The molecular formula is C34H24N4O8S. The third-order valence-electron chi connectivity index (χ3n) is 7.26. The lowest BCUT2D eigenvalue weighted by molar-refractivity contribution is -0.394. The number of hydrogen-bond donors (Lipinski definition) is 0.